The molecule has 13 heavy (non-hydrogen) atoms. The Kier molecular flexibility index (Phi) is 5.26. The summed E-state index contributed by atoms with van der Waals surface area (Å²) in [6, 6.07) is 0. The summed E-state index contributed by atoms with van der Waals surface area (Å²) in [5.41, 5.74) is 1.04. The summed E-state index contributed by atoms with van der Waals surface area (Å²) < 4.78 is 0. The summed E-state index contributed by atoms with van der Waals surface area (Å²) in [6.45, 7) is 11.4. The van der Waals surface area contributed by atoms with Gasteiger partial charge in [-0.3, -0.25) is 0 Å². The molecule has 78 valence electrons. The number of hydrogen-bond donors (Lipinski definition) is 2. The molecule has 0 aliphatic rings. The summed E-state index contributed by atoms with van der Waals surface area (Å²) in [6.07, 6.45) is -0.0837. The van der Waals surface area contributed by atoms with Crippen LogP contribution in [0.5, 0.6) is 0 Å². The van der Waals surface area contributed by atoms with Gasteiger partial charge in [-0.25, -0.2) is 0 Å². The van der Waals surface area contributed by atoms with E-state index < -0.39 is 12.2 Å². The zero-order valence-electron chi connectivity index (χ0n) is 9.12. The van der Waals surface area contributed by atoms with Crippen LogP contribution in [0.1, 0.15) is 34.1 Å². The Balaban J connectivity index is 4.24. The van der Waals surface area contributed by atoms with Gasteiger partial charge < -0.3 is 10.2 Å². The van der Waals surface area contributed by atoms with Crippen molar-refractivity contribution in [2.45, 2.75) is 46.3 Å². The lowest BCUT2D eigenvalue weighted by Gasteiger charge is -2.27. The molecule has 0 aromatic carbocycles. The smallest absolute Gasteiger partial charge is 0.0652 e. The molecule has 4 atom stereocenters. The molecular formula is C11H22O2. The topological polar surface area (TPSA) is 40.5 Å². The first kappa shape index (κ1) is 12.7. The lowest BCUT2D eigenvalue weighted by molar-refractivity contribution is 0.00956. The van der Waals surface area contributed by atoms with E-state index in [9.17, 15) is 10.2 Å². The first-order chi connectivity index (χ1) is 5.91. The summed E-state index contributed by atoms with van der Waals surface area (Å²) in [5.74, 6) is -0.0344. The fraction of sp³-hybridized carbons (Fsp3) is 0.818. The van der Waals surface area contributed by atoms with Crippen LogP contribution in [0.3, 0.4) is 0 Å². The molecule has 0 bridgehead atoms. The molecule has 0 aliphatic carbocycles. The third-order valence-electron chi connectivity index (χ3n) is 2.91. The minimum absolute atomic E-state index is 0.0644. The fourth-order valence-electron chi connectivity index (χ4n) is 1.30. The Bertz CT molecular complexity index is 163. The van der Waals surface area contributed by atoms with Crippen LogP contribution in [0.4, 0.5) is 0 Å². The van der Waals surface area contributed by atoms with Crippen LogP contribution >= 0.6 is 0 Å². The number of aliphatic hydroxyl groups excluding tert-OH is 2. The predicted molar refractivity (Wildman–Crippen MR) is 55.4 cm³/mol. The van der Waals surface area contributed by atoms with Crippen LogP contribution < -0.4 is 0 Å². The molecule has 0 heterocycles. The van der Waals surface area contributed by atoms with Crippen LogP contribution in [0.15, 0.2) is 12.2 Å². The van der Waals surface area contributed by atoms with E-state index in [1.165, 1.54) is 0 Å². The molecule has 0 aromatic rings. The van der Waals surface area contributed by atoms with Gasteiger partial charge in [0.25, 0.3) is 0 Å². The molecule has 0 fully saturated rings. The van der Waals surface area contributed by atoms with Crippen LogP contribution in [0, 0.1) is 11.8 Å². The SMILES string of the molecule is C=C(CC)[C@@H](C)[C@H](O)[C@H](C)[C@H](C)O. The van der Waals surface area contributed by atoms with Gasteiger partial charge in [-0.2, -0.15) is 0 Å². The highest BCUT2D eigenvalue weighted by atomic mass is 16.3. The first-order valence-corrected chi connectivity index (χ1v) is 4.95. The molecule has 0 saturated heterocycles. The number of rotatable bonds is 5. The van der Waals surface area contributed by atoms with E-state index >= 15 is 0 Å². The highest BCUT2D eigenvalue weighted by Crippen LogP contribution is 2.23. The number of hydrogen-bond acceptors (Lipinski definition) is 2. The maximum atomic E-state index is 9.84. The Morgan fingerprint density at radius 2 is 1.69 bits per heavy atom. The van der Waals surface area contributed by atoms with Gasteiger partial charge in [-0.1, -0.05) is 32.9 Å². The molecule has 0 unspecified atom stereocenters. The summed E-state index contributed by atoms with van der Waals surface area (Å²) in [7, 11) is 0. The third kappa shape index (κ3) is 3.49. The molecule has 0 saturated carbocycles. The van der Waals surface area contributed by atoms with E-state index in [-0.39, 0.29) is 11.8 Å². The van der Waals surface area contributed by atoms with E-state index in [0.717, 1.165) is 12.0 Å². The Labute approximate surface area is 81.3 Å². The zero-order valence-corrected chi connectivity index (χ0v) is 9.12. The molecule has 0 aromatic heterocycles. The van der Waals surface area contributed by atoms with Crippen molar-refractivity contribution in [1.29, 1.82) is 0 Å². The minimum Gasteiger partial charge on any atom is -0.393 e. The largest absolute Gasteiger partial charge is 0.393 e. The second kappa shape index (κ2) is 5.40. The van der Waals surface area contributed by atoms with Gasteiger partial charge in [0, 0.05) is 11.8 Å². The lowest BCUT2D eigenvalue weighted by Crippen LogP contribution is -2.33. The second-order valence-corrected chi connectivity index (χ2v) is 3.89. The molecule has 0 rings (SSSR count). The molecule has 2 nitrogen and oxygen atoms in total. The van der Waals surface area contributed by atoms with Crippen LogP contribution in [0.2, 0.25) is 0 Å². The first-order valence-electron chi connectivity index (χ1n) is 4.95. The van der Waals surface area contributed by atoms with Gasteiger partial charge in [0.1, 0.15) is 0 Å². The van der Waals surface area contributed by atoms with Crippen molar-refractivity contribution in [2.24, 2.45) is 11.8 Å². The van der Waals surface area contributed by atoms with E-state index in [1.54, 1.807) is 6.92 Å². The van der Waals surface area contributed by atoms with Crippen LogP contribution in [-0.4, -0.2) is 22.4 Å². The maximum absolute atomic E-state index is 9.84. The van der Waals surface area contributed by atoms with E-state index in [1.807, 2.05) is 20.8 Å². The second-order valence-electron chi connectivity index (χ2n) is 3.89. The van der Waals surface area contributed by atoms with Crippen LogP contribution in [0.25, 0.3) is 0 Å². The molecule has 2 heteroatoms. The fourth-order valence-corrected chi connectivity index (χ4v) is 1.30. The highest BCUT2D eigenvalue weighted by Gasteiger charge is 2.25. The van der Waals surface area contributed by atoms with Crippen molar-refractivity contribution in [2.75, 3.05) is 0 Å². The standard InChI is InChI=1S/C11H22O2/c1-6-7(2)8(3)11(13)9(4)10(5)12/h8-13H,2,6H2,1,3-5H3/t8-,9-,10+,11+/m1/s1. The van der Waals surface area contributed by atoms with Crippen molar-refractivity contribution < 1.29 is 10.2 Å². The van der Waals surface area contributed by atoms with Crippen molar-refractivity contribution in [3.63, 3.8) is 0 Å². The van der Waals surface area contributed by atoms with E-state index in [4.69, 9.17) is 0 Å². The van der Waals surface area contributed by atoms with Gasteiger partial charge in [0.2, 0.25) is 0 Å². The maximum Gasteiger partial charge on any atom is 0.0652 e. The Morgan fingerprint density at radius 1 is 1.23 bits per heavy atom. The zero-order chi connectivity index (χ0) is 10.6. The lowest BCUT2D eigenvalue weighted by atomic mass is 9.85. The van der Waals surface area contributed by atoms with Crippen molar-refractivity contribution >= 4 is 0 Å². The quantitative estimate of drug-likeness (QED) is 0.644. The van der Waals surface area contributed by atoms with Gasteiger partial charge in [-0.15, -0.1) is 0 Å². The van der Waals surface area contributed by atoms with Gasteiger partial charge >= 0.3 is 0 Å². The Morgan fingerprint density at radius 3 is 2.00 bits per heavy atom. The third-order valence-corrected chi connectivity index (χ3v) is 2.91. The normalized spacial score (nSPS) is 20.5. The molecule has 0 amide bonds. The molecule has 0 radical (unpaired) electrons. The van der Waals surface area contributed by atoms with Crippen molar-refractivity contribution in [3.05, 3.63) is 12.2 Å². The van der Waals surface area contributed by atoms with Gasteiger partial charge in [0.15, 0.2) is 0 Å². The number of aliphatic hydroxyl groups is 2. The minimum atomic E-state index is -0.493. The van der Waals surface area contributed by atoms with Crippen molar-refractivity contribution in [3.8, 4) is 0 Å². The predicted octanol–water partition coefficient (Wildman–Crippen LogP) is 1.97. The Hall–Kier alpha value is -0.340. The summed E-state index contributed by atoms with van der Waals surface area (Å²) in [4.78, 5) is 0. The van der Waals surface area contributed by atoms with E-state index in [2.05, 4.69) is 6.58 Å². The molecular weight excluding hydrogens is 164 g/mol. The van der Waals surface area contributed by atoms with Crippen molar-refractivity contribution in [1.82, 2.24) is 0 Å². The van der Waals surface area contributed by atoms with E-state index in [0.29, 0.717) is 0 Å². The molecule has 0 spiro atoms. The summed E-state index contributed by atoms with van der Waals surface area (Å²) >= 11 is 0. The van der Waals surface area contributed by atoms with Crippen LogP contribution in [-0.2, 0) is 0 Å². The molecule has 2 N–H and O–H groups in total. The highest BCUT2D eigenvalue weighted by molar-refractivity contribution is 5.01. The average molecular weight is 186 g/mol. The molecule has 0 aliphatic heterocycles. The average Bonchev–Trinajstić information content (AvgIpc) is 2.12. The van der Waals surface area contributed by atoms with Gasteiger partial charge in [-0.05, 0) is 13.3 Å². The monoisotopic (exact) mass is 186 g/mol. The van der Waals surface area contributed by atoms with Gasteiger partial charge in [0.05, 0.1) is 12.2 Å². The summed E-state index contributed by atoms with van der Waals surface area (Å²) in [5, 5.41) is 19.1.